The van der Waals surface area contributed by atoms with Crippen LogP contribution in [0.15, 0.2) is 0 Å². The Balaban J connectivity index is 3.86. The predicted molar refractivity (Wildman–Crippen MR) is 59.4 cm³/mol. The van der Waals surface area contributed by atoms with Crippen LogP contribution in [0.1, 0.15) is 13.3 Å². The molecule has 0 aliphatic rings. The van der Waals surface area contributed by atoms with Gasteiger partial charge in [-0.25, -0.2) is 4.79 Å². The van der Waals surface area contributed by atoms with Crippen molar-refractivity contribution in [3.8, 4) is 0 Å². The fourth-order valence-corrected chi connectivity index (χ4v) is 1.09. The summed E-state index contributed by atoms with van der Waals surface area (Å²) in [5.74, 6) is -0.906. The van der Waals surface area contributed by atoms with Gasteiger partial charge in [-0.2, -0.15) is 0 Å². The number of carboxylic acids is 1. The van der Waals surface area contributed by atoms with Gasteiger partial charge in [-0.1, -0.05) is 0 Å². The van der Waals surface area contributed by atoms with Gasteiger partial charge in [0.25, 0.3) is 0 Å². The van der Waals surface area contributed by atoms with Gasteiger partial charge in [-0.3, -0.25) is 4.79 Å². The number of rotatable bonds is 7. The molecule has 0 aromatic heterocycles. The van der Waals surface area contributed by atoms with Crippen LogP contribution in [-0.4, -0.2) is 67.3 Å². The van der Waals surface area contributed by atoms with Gasteiger partial charge in [0.15, 0.2) is 0 Å². The normalized spacial score (nSPS) is 9.94. The van der Waals surface area contributed by atoms with E-state index in [4.69, 9.17) is 9.84 Å². The number of likely N-dealkylation sites (N-methyl/N-ethyl adjacent to an activating group) is 1. The molecule has 0 bridgehead atoms. The number of amides is 2. The van der Waals surface area contributed by atoms with E-state index < -0.39 is 5.97 Å². The van der Waals surface area contributed by atoms with E-state index in [1.165, 1.54) is 9.80 Å². The van der Waals surface area contributed by atoms with Crippen molar-refractivity contribution >= 4 is 12.0 Å². The van der Waals surface area contributed by atoms with Crippen LogP contribution >= 0.6 is 0 Å². The lowest BCUT2D eigenvalue weighted by Crippen LogP contribution is -2.41. The highest BCUT2D eigenvalue weighted by atomic mass is 16.5. The highest BCUT2D eigenvalue weighted by Crippen LogP contribution is 1.96. The smallest absolute Gasteiger partial charge is 0.319 e. The van der Waals surface area contributed by atoms with Crippen molar-refractivity contribution in [2.24, 2.45) is 0 Å². The van der Waals surface area contributed by atoms with Crippen LogP contribution in [0, 0.1) is 0 Å². The second-order valence-electron chi connectivity index (χ2n) is 3.47. The van der Waals surface area contributed by atoms with E-state index >= 15 is 0 Å². The van der Waals surface area contributed by atoms with Gasteiger partial charge < -0.3 is 19.6 Å². The van der Waals surface area contributed by atoms with E-state index in [9.17, 15) is 9.59 Å². The number of urea groups is 1. The van der Waals surface area contributed by atoms with Gasteiger partial charge in [0.1, 0.15) is 0 Å². The summed E-state index contributed by atoms with van der Waals surface area (Å²) in [5, 5.41) is 8.48. The maximum atomic E-state index is 11.7. The molecule has 0 saturated carbocycles. The fraction of sp³-hybridized carbons (Fsp3) is 0.800. The van der Waals surface area contributed by atoms with Gasteiger partial charge >= 0.3 is 12.0 Å². The Labute approximate surface area is 95.8 Å². The van der Waals surface area contributed by atoms with Crippen molar-refractivity contribution in [1.82, 2.24) is 9.80 Å². The number of carboxylic acid groups (broad SMARTS) is 1. The highest BCUT2D eigenvalue weighted by Gasteiger charge is 2.14. The molecule has 6 nitrogen and oxygen atoms in total. The molecule has 1 N–H and O–H groups in total. The van der Waals surface area contributed by atoms with Gasteiger partial charge in [0.2, 0.25) is 0 Å². The molecule has 0 rings (SSSR count). The molecule has 16 heavy (non-hydrogen) atoms. The molecule has 0 aliphatic heterocycles. The summed E-state index contributed by atoms with van der Waals surface area (Å²) < 4.78 is 5.13. The zero-order valence-corrected chi connectivity index (χ0v) is 10.1. The number of hydrogen-bond acceptors (Lipinski definition) is 3. The summed E-state index contributed by atoms with van der Waals surface area (Å²) in [6.45, 7) is 3.72. The minimum Gasteiger partial charge on any atom is -0.481 e. The molecule has 2 amide bonds. The Morgan fingerprint density at radius 2 is 1.75 bits per heavy atom. The van der Waals surface area contributed by atoms with Crippen molar-refractivity contribution in [3.63, 3.8) is 0 Å². The fourth-order valence-electron chi connectivity index (χ4n) is 1.09. The first-order valence-corrected chi connectivity index (χ1v) is 5.24. The second kappa shape index (κ2) is 7.92. The van der Waals surface area contributed by atoms with Crippen LogP contribution in [-0.2, 0) is 9.53 Å². The monoisotopic (exact) mass is 232 g/mol. The Kier molecular flexibility index (Phi) is 7.28. The van der Waals surface area contributed by atoms with Gasteiger partial charge in [0.05, 0.1) is 13.0 Å². The molecule has 0 fully saturated rings. The standard InChI is InChI=1S/C10H20N2O4/c1-4-16-8-7-12(3)10(15)11(2)6-5-9(13)14/h4-8H2,1-3H3,(H,13,14). The number of aliphatic carboxylic acids is 1. The number of ether oxygens (including phenoxy) is 1. The van der Waals surface area contributed by atoms with E-state index in [1.807, 2.05) is 6.92 Å². The molecule has 0 radical (unpaired) electrons. The maximum absolute atomic E-state index is 11.7. The largest absolute Gasteiger partial charge is 0.481 e. The molecular weight excluding hydrogens is 212 g/mol. The van der Waals surface area contributed by atoms with E-state index in [2.05, 4.69) is 0 Å². The third-order valence-electron chi connectivity index (χ3n) is 2.09. The molecular formula is C10H20N2O4. The summed E-state index contributed by atoms with van der Waals surface area (Å²) in [6, 6.07) is -0.194. The van der Waals surface area contributed by atoms with Crippen LogP contribution < -0.4 is 0 Å². The van der Waals surface area contributed by atoms with Gasteiger partial charge in [0, 0.05) is 33.8 Å². The van der Waals surface area contributed by atoms with Crippen LogP contribution in [0.25, 0.3) is 0 Å². The van der Waals surface area contributed by atoms with Gasteiger partial charge in [-0.05, 0) is 6.92 Å². The van der Waals surface area contributed by atoms with Crippen LogP contribution in [0.5, 0.6) is 0 Å². The average Bonchev–Trinajstić information content (AvgIpc) is 2.24. The van der Waals surface area contributed by atoms with Crippen LogP contribution in [0.3, 0.4) is 0 Å². The number of carbonyl (C=O) groups excluding carboxylic acids is 1. The maximum Gasteiger partial charge on any atom is 0.319 e. The lowest BCUT2D eigenvalue weighted by atomic mass is 10.4. The first-order valence-electron chi connectivity index (χ1n) is 5.24. The van der Waals surface area contributed by atoms with E-state index in [0.29, 0.717) is 19.8 Å². The van der Waals surface area contributed by atoms with Crippen molar-refractivity contribution in [1.29, 1.82) is 0 Å². The van der Waals surface area contributed by atoms with Crippen molar-refractivity contribution in [2.45, 2.75) is 13.3 Å². The Morgan fingerprint density at radius 1 is 1.19 bits per heavy atom. The topological polar surface area (TPSA) is 70.1 Å². The number of nitrogens with zero attached hydrogens (tertiary/aromatic N) is 2. The summed E-state index contributed by atoms with van der Waals surface area (Å²) >= 11 is 0. The first kappa shape index (κ1) is 14.7. The van der Waals surface area contributed by atoms with Crippen molar-refractivity contribution < 1.29 is 19.4 Å². The Morgan fingerprint density at radius 3 is 2.25 bits per heavy atom. The third-order valence-corrected chi connectivity index (χ3v) is 2.09. The second-order valence-corrected chi connectivity index (χ2v) is 3.47. The molecule has 0 unspecified atom stereocenters. The Bertz CT molecular complexity index is 233. The molecule has 0 aromatic rings. The highest BCUT2D eigenvalue weighted by molar-refractivity contribution is 5.74. The van der Waals surface area contributed by atoms with Crippen LogP contribution in [0.4, 0.5) is 4.79 Å². The predicted octanol–water partition coefficient (Wildman–Crippen LogP) is 0.481. The summed E-state index contributed by atoms with van der Waals surface area (Å²) in [5.41, 5.74) is 0. The summed E-state index contributed by atoms with van der Waals surface area (Å²) in [6.07, 6.45) is -0.0401. The molecule has 0 heterocycles. The quantitative estimate of drug-likeness (QED) is 0.648. The third kappa shape index (κ3) is 6.23. The lowest BCUT2D eigenvalue weighted by Gasteiger charge is -2.24. The van der Waals surface area contributed by atoms with Crippen molar-refractivity contribution in [2.75, 3.05) is 40.4 Å². The first-order chi connectivity index (χ1) is 7.49. The number of carbonyl (C=O) groups is 2. The summed E-state index contributed by atoms with van der Waals surface area (Å²) in [7, 11) is 3.25. The molecule has 0 saturated heterocycles. The van der Waals surface area contributed by atoms with Crippen molar-refractivity contribution in [3.05, 3.63) is 0 Å². The van der Waals surface area contributed by atoms with E-state index in [0.717, 1.165) is 0 Å². The zero-order chi connectivity index (χ0) is 12.6. The van der Waals surface area contributed by atoms with E-state index in [1.54, 1.807) is 14.1 Å². The molecule has 0 spiro atoms. The number of hydrogen-bond donors (Lipinski definition) is 1. The average molecular weight is 232 g/mol. The molecule has 6 heteroatoms. The summed E-state index contributed by atoms with van der Waals surface area (Å²) in [4.78, 5) is 24.9. The van der Waals surface area contributed by atoms with Gasteiger partial charge in [-0.15, -0.1) is 0 Å². The minimum atomic E-state index is -0.906. The SMILES string of the molecule is CCOCCN(C)C(=O)N(C)CCC(=O)O. The lowest BCUT2D eigenvalue weighted by molar-refractivity contribution is -0.137. The zero-order valence-electron chi connectivity index (χ0n) is 10.1. The Hall–Kier alpha value is -1.30. The molecule has 0 aliphatic carbocycles. The van der Waals surface area contributed by atoms with Crippen LogP contribution in [0.2, 0.25) is 0 Å². The molecule has 0 atom stereocenters. The molecule has 0 aromatic carbocycles. The molecule has 94 valence electrons. The minimum absolute atomic E-state index is 0.0401. The van der Waals surface area contributed by atoms with E-state index in [-0.39, 0.29) is 19.0 Å².